The van der Waals surface area contributed by atoms with E-state index in [0.29, 0.717) is 55.8 Å². The second kappa shape index (κ2) is 17.4. The lowest BCUT2D eigenvalue weighted by Crippen LogP contribution is -2.18. The molecule has 0 heterocycles. The monoisotopic (exact) mass is 576 g/mol. The summed E-state index contributed by atoms with van der Waals surface area (Å²) in [7, 11) is 0. The maximum Gasteiger partial charge on any atom is 0.343 e. The van der Waals surface area contributed by atoms with Gasteiger partial charge in [0, 0.05) is 6.08 Å². The Labute approximate surface area is 245 Å². The Kier molecular flexibility index (Phi) is 13.3. The molecule has 42 heavy (non-hydrogen) atoms. The Balaban J connectivity index is 1.32. The summed E-state index contributed by atoms with van der Waals surface area (Å²) in [5.41, 5.74) is 2.21. The van der Waals surface area contributed by atoms with E-state index in [-0.39, 0.29) is 18.5 Å². The summed E-state index contributed by atoms with van der Waals surface area (Å²) in [6.45, 7) is 9.21. The number of carbonyl (C=O) groups is 3. The van der Waals surface area contributed by atoms with Crippen LogP contribution in [-0.4, -0.2) is 57.5 Å². The van der Waals surface area contributed by atoms with Crippen LogP contribution in [0.15, 0.2) is 85.5 Å². The molecule has 0 bridgehead atoms. The molecular weight excluding hydrogens is 540 g/mol. The fourth-order valence-corrected chi connectivity index (χ4v) is 3.49. The number of benzene rings is 3. The summed E-state index contributed by atoms with van der Waals surface area (Å²) in [5, 5.41) is 0. The van der Waals surface area contributed by atoms with Crippen molar-refractivity contribution >= 4 is 17.9 Å². The van der Waals surface area contributed by atoms with Crippen LogP contribution < -0.4 is 14.2 Å². The van der Waals surface area contributed by atoms with Gasteiger partial charge in [0.1, 0.15) is 30.5 Å². The van der Waals surface area contributed by atoms with Gasteiger partial charge in [-0.05, 0) is 66.1 Å². The third-order valence-electron chi connectivity index (χ3n) is 6.08. The molecule has 1 atom stereocenters. The van der Waals surface area contributed by atoms with Crippen molar-refractivity contribution in [1.29, 1.82) is 0 Å². The number of hydrogen-bond donors (Lipinski definition) is 0. The molecule has 0 amide bonds. The molecule has 0 N–H and O–H groups in total. The van der Waals surface area contributed by atoms with Crippen LogP contribution in [0.25, 0.3) is 11.1 Å². The Morgan fingerprint density at radius 3 is 1.74 bits per heavy atom. The number of carbonyl (C=O) groups excluding carboxylic acids is 3. The van der Waals surface area contributed by atoms with Gasteiger partial charge in [0.25, 0.3) is 0 Å². The Bertz CT molecular complexity index is 1280. The molecule has 0 aromatic heterocycles. The minimum absolute atomic E-state index is 0.0985. The molecule has 0 aliphatic rings. The molecule has 0 fully saturated rings. The molecule has 0 aliphatic heterocycles. The molecule has 0 radical (unpaired) electrons. The summed E-state index contributed by atoms with van der Waals surface area (Å²) < 4.78 is 32.2. The molecule has 0 saturated carbocycles. The summed E-state index contributed by atoms with van der Waals surface area (Å²) >= 11 is 0. The van der Waals surface area contributed by atoms with Gasteiger partial charge in [-0.2, -0.15) is 0 Å². The maximum atomic E-state index is 12.6. The summed E-state index contributed by atoms with van der Waals surface area (Å²) in [4.78, 5) is 35.4. The first-order chi connectivity index (χ1) is 20.4. The second-order valence-electron chi connectivity index (χ2n) is 9.14. The topological polar surface area (TPSA) is 107 Å². The largest absolute Gasteiger partial charge is 0.491 e. The van der Waals surface area contributed by atoms with Crippen molar-refractivity contribution in [3.63, 3.8) is 0 Å². The molecule has 222 valence electrons. The zero-order valence-electron chi connectivity index (χ0n) is 23.9. The molecule has 3 rings (SSSR count). The maximum absolute atomic E-state index is 12.6. The summed E-state index contributed by atoms with van der Waals surface area (Å²) in [6, 6.07) is 20.8. The highest BCUT2D eigenvalue weighted by Gasteiger charge is 2.11. The lowest BCUT2D eigenvalue weighted by atomic mass is 10.1. The van der Waals surface area contributed by atoms with Gasteiger partial charge in [-0.3, -0.25) is 4.79 Å². The van der Waals surface area contributed by atoms with Crippen molar-refractivity contribution < 1.29 is 42.8 Å². The summed E-state index contributed by atoms with van der Waals surface area (Å²) in [5.74, 6) is 0.129. The fourth-order valence-electron chi connectivity index (χ4n) is 3.49. The molecule has 9 heteroatoms. The molecule has 0 spiro atoms. The van der Waals surface area contributed by atoms with E-state index in [1.54, 1.807) is 48.5 Å². The van der Waals surface area contributed by atoms with E-state index in [1.165, 1.54) is 0 Å². The van der Waals surface area contributed by atoms with Crippen LogP contribution in [0.3, 0.4) is 0 Å². The van der Waals surface area contributed by atoms with Gasteiger partial charge in [0.05, 0.1) is 37.9 Å². The van der Waals surface area contributed by atoms with Gasteiger partial charge in [-0.1, -0.05) is 44.7 Å². The van der Waals surface area contributed by atoms with Crippen molar-refractivity contribution in [2.75, 3.05) is 39.6 Å². The lowest BCUT2D eigenvalue weighted by Gasteiger charge is -2.10. The van der Waals surface area contributed by atoms with E-state index < -0.39 is 11.9 Å². The quantitative estimate of drug-likeness (QED) is 0.0870. The Hall–Kier alpha value is -4.47. The number of rotatable bonds is 17. The van der Waals surface area contributed by atoms with Crippen molar-refractivity contribution in [1.82, 2.24) is 0 Å². The van der Waals surface area contributed by atoms with Gasteiger partial charge in [0.15, 0.2) is 0 Å². The fraction of sp³-hybridized carbons (Fsp3) is 0.303. The van der Waals surface area contributed by atoms with Crippen LogP contribution >= 0.6 is 0 Å². The second-order valence-corrected chi connectivity index (χ2v) is 9.14. The molecule has 1 unspecified atom stereocenters. The highest BCUT2D eigenvalue weighted by Crippen LogP contribution is 2.25. The third kappa shape index (κ3) is 10.8. The lowest BCUT2D eigenvalue weighted by molar-refractivity contribution is -0.149. The smallest absolute Gasteiger partial charge is 0.343 e. The van der Waals surface area contributed by atoms with Gasteiger partial charge in [-0.15, -0.1) is 0 Å². The first kappa shape index (κ1) is 32.0. The average Bonchev–Trinajstić information content (AvgIpc) is 3.02. The van der Waals surface area contributed by atoms with Crippen molar-refractivity contribution in [2.45, 2.75) is 20.3 Å². The Morgan fingerprint density at radius 2 is 1.19 bits per heavy atom. The highest BCUT2D eigenvalue weighted by molar-refractivity contribution is 5.91. The van der Waals surface area contributed by atoms with Crippen molar-refractivity contribution in [3.8, 4) is 28.4 Å². The minimum atomic E-state index is -0.518. The van der Waals surface area contributed by atoms with Gasteiger partial charge >= 0.3 is 17.9 Å². The van der Waals surface area contributed by atoms with E-state index in [2.05, 4.69) is 6.58 Å². The molecule has 0 saturated heterocycles. The third-order valence-corrected chi connectivity index (χ3v) is 6.08. The zero-order valence-corrected chi connectivity index (χ0v) is 23.9. The highest BCUT2D eigenvalue weighted by atomic mass is 16.6. The van der Waals surface area contributed by atoms with Crippen LogP contribution in [0.4, 0.5) is 0 Å². The average molecular weight is 577 g/mol. The van der Waals surface area contributed by atoms with E-state index in [9.17, 15) is 14.4 Å². The number of hydrogen-bond acceptors (Lipinski definition) is 9. The van der Waals surface area contributed by atoms with Crippen LogP contribution in [0.1, 0.15) is 30.6 Å². The molecular formula is C33H36O9. The Morgan fingerprint density at radius 1 is 0.690 bits per heavy atom. The van der Waals surface area contributed by atoms with E-state index in [4.69, 9.17) is 28.4 Å². The van der Waals surface area contributed by atoms with Crippen LogP contribution in [0.2, 0.25) is 0 Å². The van der Waals surface area contributed by atoms with Gasteiger partial charge in [-0.25, -0.2) is 9.59 Å². The zero-order chi connectivity index (χ0) is 30.2. The van der Waals surface area contributed by atoms with E-state index >= 15 is 0 Å². The van der Waals surface area contributed by atoms with Crippen molar-refractivity contribution in [2.24, 2.45) is 5.92 Å². The van der Waals surface area contributed by atoms with Gasteiger partial charge < -0.3 is 28.4 Å². The predicted octanol–water partition coefficient (Wildman–Crippen LogP) is 5.67. The molecule has 9 nitrogen and oxygen atoms in total. The SMILES string of the molecule is C=CC(=O)Oc1ccc(-c2ccc(OC(=O)c3ccc(OCCOCCOCCOC(=O)C(C)CC)cc3)cc2)cc1. The predicted molar refractivity (Wildman–Crippen MR) is 157 cm³/mol. The van der Waals surface area contributed by atoms with Crippen LogP contribution in [0.5, 0.6) is 17.2 Å². The number of esters is 3. The minimum Gasteiger partial charge on any atom is -0.491 e. The normalized spacial score (nSPS) is 11.3. The molecule has 0 aliphatic carbocycles. The first-order valence-electron chi connectivity index (χ1n) is 13.7. The number of ether oxygens (including phenoxy) is 6. The van der Waals surface area contributed by atoms with Gasteiger partial charge in [0.2, 0.25) is 0 Å². The molecule has 3 aromatic carbocycles. The van der Waals surface area contributed by atoms with Crippen LogP contribution in [0, 0.1) is 5.92 Å². The van der Waals surface area contributed by atoms with E-state index in [0.717, 1.165) is 23.6 Å². The van der Waals surface area contributed by atoms with Crippen LogP contribution in [-0.2, 0) is 23.8 Å². The standard InChI is InChI=1S/C33H36O9/c1-4-24(3)32(35)40-23-21-38-19-18-37-20-22-39-28-12-10-27(11-13-28)33(36)42-30-16-8-26(9-17-30)25-6-14-29(15-7-25)41-31(34)5-2/h5-17,24H,2,4,18-23H2,1,3H3. The first-order valence-corrected chi connectivity index (χ1v) is 13.7. The molecule has 3 aromatic rings. The summed E-state index contributed by atoms with van der Waals surface area (Å²) in [6.07, 6.45) is 1.86. The van der Waals surface area contributed by atoms with E-state index in [1.807, 2.05) is 38.1 Å². The van der Waals surface area contributed by atoms with Crippen molar-refractivity contribution in [3.05, 3.63) is 91.0 Å².